The number of carbonyl (C=O) groups excluding carboxylic acids is 2. The monoisotopic (exact) mass is 641 g/mol. The van der Waals surface area contributed by atoms with E-state index >= 15 is 0 Å². The summed E-state index contributed by atoms with van der Waals surface area (Å²) in [6.07, 6.45) is 5.82. The molecule has 38 heavy (non-hydrogen) atoms. The molecule has 3 rings (SSSR count). The maximum absolute atomic E-state index is 13.8. The van der Waals surface area contributed by atoms with Crippen LogP contribution in [0.1, 0.15) is 44.6 Å². The molecule has 1 aliphatic carbocycles. The second-order valence-corrected chi connectivity index (χ2v) is 13.2. The molecule has 1 atom stereocenters. The first kappa shape index (κ1) is 31.1. The normalized spacial score (nSPS) is 15.1. The van der Waals surface area contributed by atoms with Crippen molar-refractivity contribution in [2.45, 2.75) is 57.7 Å². The van der Waals surface area contributed by atoms with Crippen LogP contribution in [-0.2, 0) is 26.2 Å². The van der Waals surface area contributed by atoms with Crippen LogP contribution < -0.4 is 9.62 Å². The Hall–Kier alpha value is -1.42. The number of nitrogens with zero attached hydrogens (tertiary/aromatic N) is 2. The minimum atomic E-state index is -4.01. The van der Waals surface area contributed by atoms with E-state index in [2.05, 4.69) is 5.32 Å². The highest BCUT2D eigenvalue weighted by Gasteiger charge is 2.32. The lowest BCUT2D eigenvalue weighted by Crippen LogP contribution is -2.53. The third kappa shape index (κ3) is 7.83. The Morgan fingerprint density at radius 2 is 1.53 bits per heavy atom. The van der Waals surface area contributed by atoms with Crippen molar-refractivity contribution < 1.29 is 18.0 Å². The van der Waals surface area contributed by atoms with E-state index < -0.39 is 28.5 Å². The molecule has 1 aliphatic rings. The van der Waals surface area contributed by atoms with Crippen molar-refractivity contribution in [2.24, 2.45) is 0 Å². The van der Waals surface area contributed by atoms with Crippen molar-refractivity contribution in [1.82, 2.24) is 10.2 Å². The van der Waals surface area contributed by atoms with E-state index in [9.17, 15) is 18.0 Å². The van der Waals surface area contributed by atoms with Crippen LogP contribution >= 0.6 is 58.0 Å². The topological polar surface area (TPSA) is 86.8 Å². The van der Waals surface area contributed by atoms with Gasteiger partial charge in [-0.1, -0.05) is 83.3 Å². The zero-order valence-electron chi connectivity index (χ0n) is 20.8. The lowest BCUT2D eigenvalue weighted by Gasteiger charge is -2.33. The fraction of sp³-hybridized carbons (Fsp3) is 0.440. The van der Waals surface area contributed by atoms with Crippen LogP contribution in [0.4, 0.5) is 5.69 Å². The molecule has 7 nitrogen and oxygen atoms in total. The van der Waals surface area contributed by atoms with Crippen molar-refractivity contribution in [2.75, 3.05) is 17.1 Å². The second kappa shape index (κ2) is 13.3. The fourth-order valence-corrected chi connectivity index (χ4v) is 6.37. The van der Waals surface area contributed by atoms with Gasteiger partial charge in [-0.25, -0.2) is 8.42 Å². The summed E-state index contributed by atoms with van der Waals surface area (Å²) in [4.78, 5) is 28.3. The smallest absolute Gasteiger partial charge is 0.244 e. The molecule has 2 amide bonds. The average molecular weight is 644 g/mol. The molecule has 0 saturated heterocycles. The first-order valence-electron chi connectivity index (χ1n) is 11.9. The molecular weight excluding hydrogens is 616 g/mol. The van der Waals surface area contributed by atoms with Gasteiger partial charge in [-0.2, -0.15) is 0 Å². The van der Waals surface area contributed by atoms with Crippen LogP contribution in [0.5, 0.6) is 0 Å². The third-order valence-corrected chi connectivity index (χ3v) is 9.31. The summed E-state index contributed by atoms with van der Waals surface area (Å²) in [5.41, 5.74) is 0.409. The lowest BCUT2D eigenvalue weighted by molar-refractivity contribution is -0.139. The number of anilines is 1. The Kier molecular flexibility index (Phi) is 10.9. The summed E-state index contributed by atoms with van der Waals surface area (Å²) in [6.45, 7) is 0.806. The van der Waals surface area contributed by atoms with Gasteiger partial charge in [0.05, 0.1) is 27.0 Å². The number of nitrogens with one attached hydrogen (secondary N) is 1. The lowest BCUT2D eigenvalue weighted by atomic mass is 9.95. The van der Waals surface area contributed by atoms with Crippen molar-refractivity contribution in [3.8, 4) is 0 Å². The summed E-state index contributed by atoms with van der Waals surface area (Å²) >= 11 is 31.2. The van der Waals surface area contributed by atoms with E-state index in [-0.39, 0.29) is 39.2 Å². The molecule has 208 valence electrons. The van der Waals surface area contributed by atoms with Crippen LogP contribution in [0.2, 0.25) is 25.1 Å². The molecule has 2 aromatic rings. The summed E-state index contributed by atoms with van der Waals surface area (Å²) in [7, 11) is -4.01. The molecular formula is C25H28Cl5N3O4S. The Bertz CT molecular complexity index is 1280. The van der Waals surface area contributed by atoms with Gasteiger partial charge in [0.1, 0.15) is 12.6 Å². The predicted molar refractivity (Wildman–Crippen MR) is 155 cm³/mol. The van der Waals surface area contributed by atoms with E-state index in [0.29, 0.717) is 15.6 Å². The zero-order valence-corrected chi connectivity index (χ0v) is 25.4. The highest BCUT2D eigenvalue weighted by molar-refractivity contribution is 7.92. The quantitative estimate of drug-likeness (QED) is 0.313. The van der Waals surface area contributed by atoms with Crippen molar-refractivity contribution in [3.05, 3.63) is 61.0 Å². The second-order valence-electron chi connectivity index (χ2n) is 9.23. The molecule has 0 bridgehead atoms. The Morgan fingerprint density at radius 1 is 0.947 bits per heavy atom. The van der Waals surface area contributed by atoms with Gasteiger partial charge in [-0.3, -0.25) is 13.9 Å². The number of halogens is 5. The Balaban J connectivity index is 1.96. The standard InChI is InChI=1S/C25H28Cl5N3O4S/c1-15(25(35)31-16-7-4-3-5-8-16)32(13-17-18(26)9-6-10-19(17)27)24(34)14-33(38(2,36)37)23-12-21(29)20(28)11-22(23)30/h6,9-12,15-16H,3-5,7-8,13-14H2,1-2H3,(H,31,35)/t15-/m0/s1. The van der Waals surface area contributed by atoms with Gasteiger partial charge >= 0.3 is 0 Å². The number of hydrogen-bond acceptors (Lipinski definition) is 4. The first-order valence-corrected chi connectivity index (χ1v) is 15.7. The number of amides is 2. The number of sulfonamides is 1. The van der Waals surface area contributed by atoms with E-state index in [0.717, 1.165) is 42.7 Å². The molecule has 1 fully saturated rings. The van der Waals surface area contributed by atoms with Crippen molar-refractivity contribution in [1.29, 1.82) is 0 Å². The van der Waals surface area contributed by atoms with E-state index in [4.69, 9.17) is 58.0 Å². The molecule has 2 aromatic carbocycles. The molecule has 1 N–H and O–H groups in total. The maximum atomic E-state index is 13.8. The van der Waals surface area contributed by atoms with Crippen LogP contribution in [0, 0.1) is 0 Å². The van der Waals surface area contributed by atoms with Gasteiger partial charge in [0.2, 0.25) is 21.8 Å². The summed E-state index contributed by atoms with van der Waals surface area (Å²) in [5, 5.41) is 3.82. The van der Waals surface area contributed by atoms with Gasteiger partial charge in [0, 0.05) is 28.2 Å². The molecule has 0 heterocycles. The first-order chi connectivity index (χ1) is 17.8. The molecule has 0 radical (unpaired) electrons. The third-order valence-electron chi connectivity index (χ3n) is 6.45. The molecule has 1 saturated carbocycles. The fourth-order valence-electron chi connectivity index (χ4n) is 4.30. The number of rotatable bonds is 9. The summed E-state index contributed by atoms with van der Waals surface area (Å²) in [6, 6.07) is 6.54. The SMILES string of the molecule is C[C@@H](C(=O)NC1CCCCC1)N(Cc1c(Cl)cccc1Cl)C(=O)CN(c1cc(Cl)c(Cl)cc1Cl)S(C)(=O)=O. The molecule has 0 aliphatic heterocycles. The number of hydrogen-bond donors (Lipinski definition) is 1. The summed E-state index contributed by atoms with van der Waals surface area (Å²) in [5.74, 6) is -1.02. The van der Waals surface area contributed by atoms with Crippen LogP contribution in [-0.4, -0.2) is 50.0 Å². The van der Waals surface area contributed by atoms with Crippen LogP contribution in [0.3, 0.4) is 0 Å². The maximum Gasteiger partial charge on any atom is 0.244 e. The van der Waals surface area contributed by atoms with Gasteiger partial charge in [0.25, 0.3) is 0 Å². The van der Waals surface area contributed by atoms with E-state index in [1.165, 1.54) is 17.0 Å². The van der Waals surface area contributed by atoms with Gasteiger partial charge in [-0.05, 0) is 44.0 Å². The Morgan fingerprint density at radius 3 is 2.11 bits per heavy atom. The minimum Gasteiger partial charge on any atom is -0.352 e. The number of benzene rings is 2. The van der Waals surface area contributed by atoms with Crippen molar-refractivity contribution >= 4 is 85.5 Å². The largest absolute Gasteiger partial charge is 0.352 e. The molecule has 0 aromatic heterocycles. The van der Waals surface area contributed by atoms with E-state index in [1.54, 1.807) is 25.1 Å². The van der Waals surface area contributed by atoms with Crippen LogP contribution in [0.25, 0.3) is 0 Å². The van der Waals surface area contributed by atoms with Crippen molar-refractivity contribution in [3.63, 3.8) is 0 Å². The van der Waals surface area contributed by atoms with Gasteiger partial charge < -0.3 is 10.2 Å². The highest BCUT2D eigenvalue weighted by atomic mass is 35.5. The predicted octanol–water partition coefficient (Wildman–Crippen LogP) is 6.59. The average Bonchev–Trinajstić information content (AvgIpc) is 2.84. The zero-order chi connectivity index (χ0) is 28.2. The molecule has 0 spiro atoms. The minimum absolute atomic E-state index is 0.0126. The van der Waals surface area contributed by atoms with Crippen LogP contribution in [0.15, 0.2) is 30.3 Å². The summed E-state index contributed by atoms with van der Waals surface area (Å²) < 4.78 is 26.4. The highest BCUT2D eigenvalue weighted by Crippen LogP contribution is 2.36. The van der Waals surface area contributed by atoms with E-state index in [1.807, 2.05) is 0 Å². The molecule has 13 heteroatoms. The van der Waals surface area contributed by atoms with Gasteiger partial charge in [0.15, 0.2) is 0 Å². The number of carbonyl (C=O) groups is 2. The van der Waals surface area contributed by atoms with Gasteiger partial charge in [-0.15, -0.1) is 0 Å². The molecule has 0 unspecified atom stereocenters. The Labute approximate surface area is 248 Å².